The van der Waals surface area contributed by atoms with Crippen LogP contribution in [0.2, 0.25) is 0 Å². The highest BCUT2D eigenvalue weighted by atomic mass is 16.5. The summed E-state index contributed by atoms with van der Waals surface area (Å²) >= 11 is 0. The lowest BCUT2D eigenvalue weighted by Crippen LogP contribution is -2.44. The summed E-state index contributed by atoms with van der Waals surface area (Å²) in [5.74, 6) is -0.483. The number of methoxy groups -OCH3 is 1. The van der Waals surface area contributed by atoms with Crippen LogP contribution in [0.4, 0.5) is 0 Å². The van der Waals surface area contributed by atoms with Crippen LogP contribution in [0.3, 0.4) is 0 Å². The highest BCUT2D eigenvalue weighted by molar-refractivity contribution is 6.01. The van der Waals surface area contributed by atoms with Gasteiger partial charge in [0, 0.05) is 16.8 Å². The number of primary amides is 1. The van der Waals surface area contributed by atoms with Gasteiger partial charge in [-0.2, -0.15) is 0 Å². The van der Waals surface area contributed by atoms with Crippen LogP contribution in [-0.4, -0.2) is 52.7 Å². The van der Waals surface area contributed by atoms with Gasteiger partial charge in [0.1, 0.15) is 17.5 Å². The van der Waals surface area contributed by atoms with Gasteiger partial charge in [-0.05, 0) is 56.2 Å². The van der Waals surface area contributed by atoms with E-state index >= 15 is 0 Å². The molecule has 2 fully saturated rings. The number of fused-ring (bicyclic) bond motifs is 1. The Morgan fingerprint density at radius 2 is 2.00 bits per heavy atom. The summed E-state index contributed by atoms with van der Waals surface area (Å²) in [4.78, 5) is 39.0. The molecule has 1 saturated heterocycles. The van der Waals surface area contributed by atoms with Gasteiger partial charge in [0.05, 0.1) is 25.3 Å². The third kappa shape index (κ3) is 5.61. The molecular formula is C28H40N4O5. The van der Waals surface area contributed by atoms with E-state index in [1.54, 1.807) is 23.8 Å². The monoisotopic (exact) mass is 512 g/mol. The van der Waals surface area contributed by atoms with Crippen molar-refractivity contribution in [3.05, 3.63) is 30.0 Å². The van der Waals surface area contributed by atoms with E-state index in [0.29, 0.717) is 29.5 Å². The maximum Gasteiger partial charge on any atom is 0.265 e. The fourth-order valence-corrected chi connectivity index (χ4v) is 6.25. The largest absolute Gasteiger partial charge is 0.496 e. The second kappa shape index (κ2) is 11.1. The van der Waals surface area contributed by atoms with Gasteiger partial charge in [0.25, 0.3) is 5.91 Å². The highest BCUT2D eigenvalue weighted by Crippen LogP contribution is 2.39. The van der Waals surface area contributed by atoms with Crippen molar-refractivity contribution >= 4 is 28.6 Å². The third-order valence-corrected chi connectivity index (χ3v) is 7.97. The van der Waals surface area contributed by atoms with E-state index in [2.05, 4.69) is 10.6 Å². The molecule has 1 aromatic carbocycles. The zero-order valence-corrected chi connectivity index (χ0v) is 22.1. The number of carbonyl (C=O) groups is 3. The Morgan fingerprint density at radius 3 is 2.62 bits per heavy atom. The number of carbonyl (C=O) groups excluding carboxylic acids is 3. The average molecular weight is 513 g/mol. The quantitative estimate of drug-likeness (QED) is 0.388. The predicted octanol–water partition coefficient (Wildman–Crippen LogP) is 3.04. The first kappa shape index (κ1) is 27.0. The second-order valence-corrected chi connectivity index (χ2v) is 11.2. The van der Waals surface area contributed by atoms with Crippen LogP contribution in [0.1, 0.15) is 81.7 Å². The summed E-state index contributed by atoms with van der Waals surface area (Å²) in [5, 5.41) is 17.1. The molecule has 2 aromatic rings. The number of ether oxygens (including phenoxy) is 1. The van der Waals surface area contributed by atoms with Crippen molar-refractivity contribution < 1.29 is 24.2 Å². The molecule has 2 unspecified atom stereocenters. The van der Waals surface area contributed by atoms with Gasteiger partial charge in [-0.15, -0.1) is 0 Å². The van der Waals surface area contributed by atoms with E-state index in [1.807, 2.05) is 26.0 Å². The average Bonchev–Trinajstić information content (AvgIpc) is 3.39. The summed E-state index contributed by atoms with van der Waals surface area (Å²) in [6.45, 7) is 3.73. The van der Waals surface area contributed by atoms with Crippen molar-refractivity contribution in [2.24, 2.45) is 17.6 Å². The number of nitrogens with two attached hydrogens (primary N) is 1. The molecule has 3 atom stereocenters. The van der Waals surface area contributed by atoms with Crippen LogP contribution in [0.15, 0.2) is 24.3 Å². The number of benzene rings is 1. The zero-order chi connectivity index (χ0) is 26.7. The number of nitrogens with zero attached hydrogens (tertiary/aromatic N) is 1. The number of hydrogen-bond donors (Lipinski definition) is 4. The first-order valence-corrected chi connectivity index (χ1v) is 13.4. The van der Waals surface area contributed by atoms with Gasteiger partial charge in [-0.3, -0.25) is 14.4 Å². The standard InChI is InChI=1S/C28H40N4O5/c1-17(2)12-23(32-21-8-7-9-24(37-3)20(21)14-22(32)25(29)34)27(36)30-19(16-33)13-18-15-28(31-26(18)35)10-5-4-6-11-28/h7-9,14,17-19,23,33H,4-6,10-13,15-16H2,1-3H3,(H2,29,34)(H,30,36)(H,31,35)/t18?,19?,23-/m0/s1. The SMILES string of the molecule is COc1cccc2c1cc(C(N)=O)n2[C@@H](CC(C)C)C(=O)NC(CO)CC1CC2(CCCCC2)NC1=O. The number of aliphatic hydroxyl groups excluding tert-OH is 1. The Kier molecular flexibility index (Phi) is 8.11. The smallest absolute Gasteiger partial charge is 0.265 e. The van der Waals surface area contributed by atoms with E-state index in [1.165, 1.54) is 6.42 Å². The van der Waals surface area contributed by atoms with Crippen LogP contribution >= 0.6 is 0 Å². The molecule has 1 aliphatic heterocycles. The van der Waals surface area contributed by atoms with Gasteiger partial charge < -0.3 is 30.8 Å². The number of aliphatic hydroxyl groups is 1. The molecule has 1 aromatic heterocycles. The molecule has 1 aliphatic carbocycles. The van der Waals surface area contributed by atoms with Crippen LogP contribution in [-0.2, 0) is 9.59 Å². The van der Waals surface area contributed by atoms with Crippen molar-refractivity contribution in [1.29, 1.82) is 0 Å². The summed E-state index contributed by atoms with van der Waals surface area (Å²) in [7, 11) is 1.55. The predicted molar refractivity (Wildman–Crippen MR) is 141 cm³/mol. The number of hydrogen-bond acceptors (Lipinski definition) is 5. The summed E-state index contributed by atoms with van der Waals surface area (Å²) in [6.07, 6.45) is 6.96. The van der Waals surface area contributed by atoms with Crippen LogP contribution < -0.4 is 21.1 Å². The molecule has 4 rings (SSSR count). The minimum Gasteiger partial charge on any atom is -0.496 e. The first-order chi connectivity index (χ1) is 17.7. The summed E-state index contributed by atoms with van der Waals surface area (Å²) in [6, 6.07) is 5.79. The second-order valence-electron chi connectivity index (χ2n) is 11.2. The normalized spacial score (nSPS) is 20.7. The minimum atomic E-state index is -0.733. The maximum absolute atomic E-state index is 13.7. The fourth-order valence-electron chi connectivity index (χ4n) is 6.25. The number of aromatic nitrogens is 1. The molecule has 0 bridgehead atoms. The lowest BCUT2D eigenvalue weighted by atomic mass is 9.78. The van der Waals surface area contributed by atoms with E-state index in [4.69, 9.17) is 10.5 Å². The molecule has 1 saturated carbocycles. The Bertz CT molecular complexity index is 1150. The van der Waals surface area contributed by atoms with E-state index in [9.17, 15) is 19.5 Å². The molecule has 1 spiro atoms. The number of nitrogens with one attached hydrogen (secondary N) is 2. The van der Waals surface area contributed by atoms with Crippen molar-refractivity contribution in [2.75, 3.05) is 13.7 Å². The van der Waals surface area contributed by atoms with Gasteiger partial charge in [-0.1, -0.05) is 39.2 Å². The molecule has 5 N–H and O–H groups in total. The summed E-state index contributed by atoms with van der Waals surface area (Å²) < 4.78 is 7.16. The molecule has 202 valence electrons. The van der Waals surface area contributed by atoms with Gasteiger partial charge in [-0.25, -0.2) is 0 Å². The molecule has 9 nitrogen and oxygen atoms in total. The summed E-state index contributed by atoms with van der Waals surface area (Å²) in [5.41, 5.74) is 6.49. The Hall–Kier alpha value is -3.07. The van der Waals surface area contributed by atoms with Crippen molar-refractivity contribution in [1.82, 2.24) is 15.2 Å². The first-order valence-electron chi connectivity index (χ1n) is 13.4. The molecule has 2 heterocycles. The van der Waals surface area contributed by atoms with Crippen molar-refractivity contribution in [2.45, 2.75) is 82.8 Å². The Balaban J connectivity index is 1.59. The van der Waals surface area contributed by atoms with Crippen LogP contribution in [0.5, 0.6) is 5.75 Å². The van der Waals surface area contributed by atoms with Gasteiger partial charge in [0.15, 0.2) is 0 Å². The molecular weight excluding hydrogens is 472 g/mol. The van der Waals surface area contributed by atoms with Gasteiger partial charge >= 0.3 is 0 Å². The highest BCUT2D eigenvalue weighted by Gasteiger charge is 2.45. The van der Waals surface area contributed by atoms with Crippen LogP contribution in [0, 0.1) is 11.8 Å². The van der Waals surface area contributed by atoms with Crippen LogP contribution in [0.25, 0.3) is 10.9 Å². The minimum absolute atomic E-state index is 0.00726. The lowest BCUT2D eigenvalue weighted by molar-refractivity contribution is -0.127. The number of rotatable bonds is 10. The molecule has 2 aliphatic rings. The Morgan fingerprint density at radius 1 is 1.27 bits per heavy atom. The van der Waals surface area contributed by atoms with E-state index in [0.717, 1.165) is 32.1 Å². The fraction of sp³-hybridized carbons (Fsp3) is 0.607. The van der Waals surface area contributed by atoms with E-state index < -0.39 is 18.0 Å². The topological polar surface area (TPSA) is 136 Å². The number of amides is 3. The zero-order valence-electron chi connectivity index (χ0n) is 22.1. The molecule has 9 heteroatoms. The van der Waals surface area contributed by atoms with Crippen molar-refractivity contribution in [3.8, 4) is 5.75 Å². The molecule has 0 radical (unpaired) electrons. The molecule has 37 heavy (non-hydrogen) atoms. The van der Waals surface area contributed by atoms with Gasteiger partial charge in [0.2, 0.25) is 11.8 Å². The lowest BCUT2D eigenvalue weighted by Gasteiger charge is -2.33. The Labute approximate surface area is 218 Å². The van der Waals surface area contributed by atoms with E-state index in [-0.39, 0.29) is 41.5 Å². The van der Waals surface area contributed by atoms with Crippen molar-refractivity contribution in [3.63, 3.8) is 0 Å². The maximum atomic E-state index is 13.7. The third-order valence-electron chi connectivity index (χ3n) is 7.97. The molecule has 3 amide bonds.